The van der Waals surface area contributed by atoms with Gasteiger partial charge in [0.05, 0.1) is 13.2 Å². The molecule has 1 aliphatic rings. The fraction of sp³-hybridized carbons (Fsp3) is 0.429. The number of hydrogen-bond donors (Lipinski definition) is 0. The zero-order valence-corrected chi connectivity index (χ0v) is 14.3. The number of piperidine rings is 1. The lowest BCUT2D eigenvalue weighted by molar-refractivity contribution is 0.107. The van der Waals surface area contributed by atoms with E-state index in [1.165, 1.54) is 60.3 Å². The number of ether oxygens (including phenoxy) is 1. The van der Waals surface area contributed by atoms with E-state index in [0.717, 1.165) is 0 Å². The summed E-state index contributed by atoms with van der Waals surface area (Å²) < 4.78 is 6.02. The third-order valence-corrected chi connectivity index (χ3v) is 4.60. The number of aryl methyl sites for hydroxylation is 2. The van der Waals surface area contributed by atoms with Crippen molar-refractivity contribution >= 4 is 5.69 Å². The van der Waals surface area contributed by atoms with Gasteiger partial charge in [-0.05, 0) is 44.2 Å². The third-order valence-electron chi connectivity index (χ3n) is 4.60. The number of benzene rings is 2. The monoisotopic (exact) mass is 309 g/mol. The first-order chi connectivity index (χ1) is 11.2. The molecule has 0 aliphatic carbocycles. The van der Waals surface area contributed by atoms with Crippen molar-refractivity contribution in [1.82, 2.24) is 0 Å². The van der Waals surface area contributed by atoms with Gasteiger partial charge in [0.1, 0.15) is 0 Å². The fourth-order valence-corrected chi connectivity index (χ4v) is 3.49. The van der Waals surface area contributed by atoms with E-state index in [1.807, 2.05) is 0 Å². The lowest BCUT2D eigenvalue weighted by Crippen LogP contribution is -2.31. The van der Waals surface area contributed by atoms with Crippen LogP contribution in [0.1, 0.15) is 41.5 Å². The molecule has 23 heavy (non-hydrogen) atoms. The highest BCUT2D eigenvalue weighted by Crippen LogP contribution is 2.28. The number of hydrogen-bond acceptors (Lipinski definition) is 2. The molecule has 1 aliphatic heterocycles. The zero-order chi connectivity index (χ0) is 16.1. The minimum Gasteiger partial charge on any atom is -0.372 e. The van der Waals surface area contributed by atoms with Crippen LogP contribution in [-0.2, 0) is 18.0 Å². The predicted molar refractivity (Wildman–Crippen MR) is 96.9 cm³/mol. The molecule has 122 valence electrons. The summed E-state index contributed by atoms with van der Waals surface area (Å²) in [6.45, 7) is 8.05. The quantitative estimate of drug-likeness (QED) is 0.769. The van der Waals surface area contributed by atoms with Crippen molar-refractivity contribution in [3.8, 4) is 0 Å². The van der Waals surface area contributed by atoms with Crippen LogP contribution >= 0.6 is 0 Å². The number of nitrogens with zero attached hydrogens (tertiary/aromatic N) is 1. The van der Waals surface area contributed by atoms with Gasteiger partial charge in [-0.25, -0.2) is 0 Å². The average molecular weight is 309 g/mol. The van der Waals surface area contributed by atoms with Crippen LogP contribution < -0.4 is 4.90 Å². The average Bonchev–Trinajstić information content (AvgIpc) is 2.56. The molecule has 0 spiro atoms. The number of para-hydroxylation sites is 1. The van der Waals surface area contributed by atoms with E-state index < -0.39 is 0 Å². The summed E-state index contributed by atoms with van der Waals surface area (Å²) in [4.78, 5) is 2.55. The molecule has 0 atom stereocenters. The number of rotatable bonds is 5. The highest BCUT2D eigenvalue weighted by atomic mass is 16.5. The lowest BCUT2D eigenvalue weighted by Gasteiger charge is -2.32. The predicted octanol–water partition coefficient (Wildman–Crippen LogP) is 5.01. The smallest absolute Gasteiger partial charge is 0.0741 e. The third kappa shape index (κ3) is 4.14. The van der Waals surface area contributed by atoms with Crippen LogP contribution in [0, 0.1) is 13.8 Å². The second-order valence-corrected chi connectivity index (χ2v) is 6.61. The summed E-state index contributed by atoms with van der Waals surface area (Å²) >= 11 is 0. The van der Waals surface area contributed by atoms with Crippen LogP contribution in [0.15, 0.2) is 42.5 Å². The minimum atomic E-state index is 0.676. The summed E-state index contributed by atoms with van der Waals surface area (Å²) in [5, 5.41) is 0. The molecule has 0 aromatic heterocycles. The Hall–Kier alpha value is -1.80. The van der Waals surface area contributed by atoms with E-state index in [0.29, 0.717) is 13.2 Å². The molecule has 2 heteroatoms. The molecule has 0 radical (unpaired) electrons. The summed E-state index contributed by atoms with van der Waals surface area (Å²) in [5.41, 5.74) is 6.62. The second-order valence-electron chi connectivity index (χ2n) is 6.61. The Morgan fingerprint density at radius 2 is 1.70 bits per heavy atom. The Kier molecular flexibility index (Phi) is 5.35. The molecule has 2 aromatic rings. The van der Waals surface area contributed by atoms with Gasteiger partial charge in [-0.3, -0.25) is 0 Å². The van der Waals surface area contributed by atoms with Crippen LogP contribution in [0.5, 0.6) is 0 Å². The molecular formula is C21H27NO. The van der Waals surface area contributed by atoms with Crippen LogP contribution in [0.2, 0.25) is 0 Å². The second kappa shape index (κ2) is 7.65. The minimum absolute atomic E-state index is 0.676. The molecule has 0 N–H and O–H groups in total. The summed E-state index contributed by atoms with van der Waals surface area (Å²) in [6, 6.07) is 15.1. The molecule has 1 fully saturated rings. The highest BCUT2D eigenvalue weighted by Gasteiger charge is 2.16. The maximum absolute atomic E-state index is 6.02. The summed E-state index contributed by atoms with van der Waals surface area (Å²) in [5.74, 6) is 0. The van der Waals surface area contributed by atoms with Gasteiger partial charge in [0.15, 0.2) is 0 Å². The summed E-state index contributed by atoms with van der Waals surface area (Å²) in [6.07, 6.45) is 3.97. The van der Waals surface area contributed by atoms with Crippen LogP contribution in [0.25, 0.3) is 0 Å². The van der Waals surface area contributed by atoms with Gasteiger partial charge in [0.25, 0.3) is 0 Å². The molecule has 1 saturated heterocycles. The molecule has 0 amide bonds. The van der Waals surface area contributed by atoms with Crippen molar-refractivity contribution in [2.24, 2.45) is 0 Å². The first kappa shape index (κ1) is 16.1. The van der Waals surface area contributed by atoms with Crippen molar-refractivity contribution in [3.63, 3.8) is 0 Å². The van der Waals surface area contributed by atoms with E-state index in [9.17, 15) is 0 Å². The Bertz CT molecular complexity index is 644. The molecule has 3 rings (SSSR count). The zero-order valence-electron chi connectivity index (χ0n) is 14.3. The summed E-state index contributed by atoms with van der Waals surface area (Å²) in [7, 11) is 0. The Balaban J connectivity index is 1.68. The number of anilines is 1. The van der Waals surface area contributed by atoms with Crippen molar-refractivity contribution in [2.45, 2.75) is 46.3 Å². The Morgan fingerprint density at radius 1 is 0.913 bits per heavy atom. The highest BCUT2D eigenvalue weighted by molar-refractivity contribution is 5.59. The first-order valence-electron chi connectivity index (χ1n) is 8.71. The van der Waals surface area contributed by atoms with Gasteiger partial charge >= 0.3 is 0 Å². The van der Waals surface area contributed by atoms with Gasteiger partial charge in [0.2, 0.25) is 0 Å². The van der Waals surface area contributed by atoms with E-state index in [4.69, 9.17) is 4.74 Å². The fourth-order valence-electron chi connectivity index (χ4n) is 3.49. The normalized spacial score (nSPS) is 15.0. The SMILES string of the molecule is Cc1cccc(COCc2cccc(C)c2N2CCCCC2)c1. The van der Waals surface area contributed by atoms with Crippen LogP contribution in [0.3, 0.4) is 0 Å². The lowest BCUT2D eigenvalue weighted by atomic mass is 10.0. The largest absolute Gasteiger partial charge is 0.372 e. The topological polar surface area (TPSA) is 12.5 Å². The first-order valence-corrected chi connectivity index (χ1v) is 8.71. The maximum atomic E-state index is 6.02. The van der Waals surface area contributed by atoms with Gasteiger partial charge in [-0.15, -0.1) is 0 Å². The molecule has 1 heterocycles. The van der Waals surface area contributed by atoms with Gasteiger partial charge in [0, 0.05) is 24.3 Å². The van der Waals surface area contributed by atoms with Crippen molar-refractivity contribution in [1.29, 1.82) is 0 Å². The Morgan fingerprint density at radius 3 is 2.48 bits per heavy atom. The van der Waals surface area contributed by atoms with E-state index >= 15 is 0 Å². The van der Waals surface area contributed by atoms with E-state index in [2.05, 4.69) is 61.2 Å². The van der Waals surface area contributed by atoms with Crippen molar-refractivity contribution in [3.05, 3.63) is 64.7 Å². The van der Waals surface area contributed by atoms with E-state index in [-0.39, 0.29) is 0 Å². The van der Waals surface area contributed by atoms with Crippen LogP contribution in [0.4, 0.5) is 5.69 Å². The van der Waals surface area contributed by atoms with Gasteiger partial charge in [-0.2, -0.15) is 0 Å². The maximum Gasteiger partial charge on any atom is 0.0741 e. The van der Waals surface area contributed by atoms with Gasteiger partial charge in [-0.1, -0.05) is 48.0 Å². The van der Waals surface area contributed by atoms with E-state index in [1.54, 1.807) is 0 Å². The molecule has 0 unspecified atom stereocenters. The Labute approximate surface area is 140 Å². The van der Waals surface area contributed by atoms with Crippen molar-refractivity contribution in [2.75, 3.05) is 18.0 Å². The molecule has 2 nitrogen and oxygen atoms in total. The molecule has 0 bridgehead atoms. The standard InChI is InChI=1S/C21H27NO/c1-17-8-6-10-19(14-17)15-23-16-20-11-7-9-18(2)21(20)22-12-4-3-5-13-22/h6-11,14H,3-5,12-13,15-16H2,1-2H3. The van der Waals surface area contributed by atoms with Crippen LogP contribution in [-0.4, -0.2) is 13.1 Å². The molecule has 2 aromatic carbocycles. The van der Waals surface area contributed by atoms with Gasteiger partial charge < -0.3 is 9.64 Å². The molecule has 0 saturated carbocycles. The molecular weight excluding hydrogens is 282 g/mol. The van der Waals surface area contributed by atoms with Crippen molar-refractivity contribution < 1.29 is 4.74 Å².